The van der Waals surface area contributed by atoms with Crippen LogP contribution in [0.5, 0.6) is 5.75 Å². The highest BCUT2D eigenvalue weighted by Crippen LogP contribution is 2.36. The normalized spacial score (nSPS) is 23.2. The van der Waals surface area contributed by atoms with Gasteiger partial charge in [-0.3, -0.25) is 0 Å². The van der Waals surface area contributed by atoms with E-state index in [1.807, 2.05) is 55.5 Å². The van der Waals surface area contributed by atoms with Crippen molar-refractivity contribution < 1.29 is 33.6 Å². The maximum atomic E-state index is 12.2. The first-order valence-electron chi connectivity index (χ1n) is 11.2. The Bertz CT molecular complexity index is 1040. The molecule has 2 aromatic rings. The van der Waals surface area contributed by atoms with Crippen LogP contribution in [0, 0.1) is 6.92 Å². The molecule has 10 nitrogen and oxygen atoms in total. The minimum Gasteiger partial charge on any atom is -0.497 e. The van der Waals surface area contributed by atoms with Gasteiger partial charge in [-0.1, -0.05) is 59.4 Å². The fourth-order valence-corrected chi connectivity index (χ4v) is 4.60. The Balaban J connectivity index is 1.77. The molecular formula is C25H29N3O7S. The van der Waals surface area contributed by atoms with Crippen LogP contribution in [0.1, 0.15) is 11.1 Å². The number of benzene rings is 2. The quantitative estimate of drug-likeness (QED) is 0.149. The van der Waals surface area contributed by atoms with Gasteiger partial charge >= 0.3 is 6.16 Å². The van der Waals surface area contributed by atoms with Gasteiger partial charge in [0, 0.05) is 9.81 Å². The Morgan fingerprint density at radius 1 is 1.25 bits per heavy atom. The maximum absolute atomic E-state index is 12.2. The van der Waals surface area contributed by atoms with Crippen molar-refractivity contribution in [3.05, 3.63) is 82.8 Å². The standard InChI is InChI=1S/C25H29N3O7S/c1-4-13-33-25(30)35-23-21(27-28-26)24(36-19-11-5-16(2)6-12-19)34-20(22(23)29)15-32-14-17-7-9-18(31-3)10-8-17/h4-12,20-24,29H,1,13-15H2,2-3H3/t20-,21-,22-,23-,24+/m1/s1. The fourth-order valence-electron chi connectivity index (χ4n) is 3.49. The number of rotatable bonds is 11. The number of ether oxygens (including phenoxy) is 5. The molecule has 0 aromatic heterocycles. The van der Waals surface area contributed by atoms with Gasteiger partial charge in [-0.2, -0.15) is 0 Å². The van der Waals surface area contributed by atoms with Crippen molar-refractivity contribution in [1.82, 2.24) is 0 Å². The lowest BCUT2D eigenvalue weighted by Crippen LogP contribution is -2.58. The Kier molecular flexibility index (Phi) is 10.5. The van der Waals surface area contributed by atoms with Crippen LogP contribution in [0.2, 0.25) is 0 Å². The highest BCUT2D eigenvalue weighted by Gasteiger charge is 2.48. The molecule has 0 radical (unpaired) electrons. The average molecular weight is 516 g/mol. The first kappa shape index (κ1) is 27.4. The summed E-state index contributed by atoms with van der Waals surface area (Å²) in [7, 11) is 1.59. The number of nitrogens with zero attached hydrogens (tertiary/aromatic N) is 3. The number of methoxy groups -OCH3 is 1. The van der Waals surface area contributed by atoms with Gasteiger partial charge in [0.05, 0.1) is 20.3 Å². The summed E-state index contributed by atoms with van der Waals surface area (Å²) in [5, 5.41) is 14.8. The number of thioether (sulfide) groups is 1. The second-order valence-corrected chi connectivity index (χ2v) is 9.13. The summed E-state index contributed by atoms with van der Waals surface area (Å²) in [5.74, 6) is 0.730. The molecule has 1 heterocycles. The zero-order valence-electron chi connectivity index (χ0n) is 20.1. The van der Waals surface area contributed by atoms with Crippen molar-refractivity contribution >= 4 is 17.9 Å². The van der Waals surface area contributed by atoms with Gasteiger partial charge in [0.25, 0.3) is 0 Å². The van der Waals surface area contributed by atoms with E-state index in [1.165, 1.54) is 17.8 Å². The van der Waals surface area contributed by atoms with E-state index in [1.54, 1.807) is 7.11 Å². The Hall–Kier alpha value is -3.21. The van der Waals surface area contributed by atoms with Crippen LogP contribution in [0.4, 0.5) is 4.79 Å². The third-order valence-electron chi connectivity index (χ3n) is 5.36. The number of carbonyl (C=O) groups excluding carboxylic acids is 1. The highest BCUT2D eigenvalue weighted by molar-refractivity contribution is 7.99. The second kappa shape index (κ2) is 13.8. The molecule has 1 saturated heterocycles. The van der Waals surface area contributed by atoms with E-state index in [9.17, 15) is 15.4 Å². The van der Waals surface area contributed by atoms with Crippen molar-refractivity contribution in [3.8, 4) is 5.75 Å². The van der Waals surface area contributed by atoms with Gasteiger partial charge in [0.1, 0.15) is 42.1 Å². The lowest BCUT2D eigenvalue weighted by molar-refractivity contribution is -0.178. The molecule has 2 aromatic carbocycles. The van der Waals surface area contributed by atoms with Gasteiger partial charge in [0.2, 0.25) is 0 Å². The van der Waals surface area contributed by atoms with Gasteiger partial charge in [-0.25, -0.2) is 4.79 Å². The highest BCUT2D eigenvalue weighted by atomic mass is 32.2. The molecule has 192 valence electrons. The molecule has 0 amide bonds. The van der Waals surface area contributed by atoms with E-state index in [2.05, 4.69) is 16.6 Å². The molecule has 3 rings (SSSR count). The molecule has 0 unspecified atom stereocenters. The predicted octanol–water partition coefficient (Wildman–Crippen LogP) is 4.79. The van der Waals surface area contributed by atoms with Crippen LogP contribution in [0.3, 0.4) is 0 Å². The molecule has 11 heteroatoms. The number of azide groups is 1. The number of aryl methyl sites for hydroxylation is 1. The third-order valence-corrected chi connectivity index (χ3v) is 6.53. The number of aliphatic hydroxyl groups excluding tert-OH is 1. The molecule has 1 aliphatic rings. The molecule has 1 N–H and O–H groups in total. The largest absolute Gasteiger partial charge is 0.508 e. The lowest BCUT2D eigenvalue weighted by atomic mass is 9.98. The summed E-state index contributed by atoms with van der Waals surface area (Å²) >= 11 is 1.29. The van der Waals surface area contributed by atoms with Gasteiger partial charge in [-0.15, -0.1) is 0 Å². The molecule has 1 aliphatic heterocycles. The summed E-state index contributed by atoms with van der Waals surface area (Å²) in [5.41, 5.74) is 10.4. The van der Waals surface area contributed by atoms with E-state index in [4.69, 9.17) is 23.7 Å². The van der Waals surface area contributed by atoms with Gasteiger partial charge < -0.3 is 28.8 Å². The number of hydrogen-bond acceptors (Lipinski definition) is 9. The number of carbonyl (C=O) groups is 1. The molecule has 0 aliphatic carbocycles. The Morgan fingerprint density at radius 2 is 1.97 bits per heavy atom. The molecule has 5 atom stereocenters. The van der Waals surface area contributed by atoms with E-state index >= 15 is 0 Å². The Morgan fingerprint density at radius 3 is 2.61 bits per heavy atom. The van der Waals surface area contributed by atoms with E-state index in [0.717, 1.165) is 21.8 Å². The first-order valence-corrected chi connectivity index (χ1v) is 12.1. The van der Waals surface area contributed by atoms with Crippen LogP contribution in [-0.2, 0) is 25.6 Å². The van der Waals surface area contributed by atoms with Crippen LogP contribution in [-0.4, -0.2) is 61.4 Å². The van der Waals surface area contributed by atoms with E-state index < -0.39 is 35.9 Å². The van der Waals surface area contributed by atoms with Gasteiger partial charge in [0.15, 0.2) is 0 Å². The second-order valence-electron chi connectivity index (χ2n) is 7.96. The van der Waals surface area contributed by atoms with E-state index in [-0.39, 0.29) is 19.8 Å². The minimum absolute atomic E-state index is 0.00269. The van der Waals surface area contributed by atoms with Crippen molar-refractivity contribution in [2.24, 2.45) is 5.11 Å². The van der Waals surface area contributed by atoms with Crippen LogP contribution >= 0.6 is 11.8 Å². The van der Waals surface area contributed by atoms with Crippen LogP contribution < -0.4 is 4.74 Å². The van der Waals surface area contributed by atoms with Crippen molar-refractivity contribution in [3.63, 3.8) is 0 Å². The summed E-state index contributed by atoms with van der Waals surface area (Å²) in [6, 6.07) is 14.1. The first-order chi connectivity index (χ1) is 17.4. The molecule has 36 heavy (non-hydrogen) atoms. The Labute approximate surface area is 213 Å². The molecule has 0 spiro atoms. The average Bonchev–Trinajstić information content (AvgIpc) is 2.89. The topological polar surface area (TPSA) is 132 Å². The summed E-state index contributed by atoms with van der Waals surface area (Å²) in [4.78, 5) is 15.9. The molecule has 0 saturated carbocycles. The van der Waals surface area contributed by atoms with Crippen molar-refractivity contribution in [2.75, 3.05) is 20.3 Å². The van der Waals surface area contributed by atoms with Crippen LogP contribution in [0.25, 0.3) is 10.4 Å². The summed E-state index contributed by atoms with van der Waals surface area (Å²) in [6.07, 6.45) is -3.05. The third kappa shape index (κ3) is 7.64. The van der Waals surface area contributed by atoms with Crippen molar-refractivity contribution in [2.45, 2.75) is 48.2 Å². The van der Waals surface area contributed by atoms with Crippen LogP contribution in [0.15, 0.2) is 71.2 Å². The minimum atomic E-state index is -1.33. The lowest BCUT2D eigenvalue weighted by Gasteiger charge is -2.42. The summed E-state index contributed by atoms with van der Waals surface area (Å²) in [6.45, 7) is 5.66. The zero-order valence-corrected chi connectivity index (χ0v) is 20.9. The number of aliphatic hydroxyl groups is 1. The smallest absolute Gasteiger partial charge is 0.497 e. The van der Waals surface area contributed by atoms with Gasteiger partial charge in [-0.05, 0) is 42.3 Å². The monoisotopic (exact) mass is 515 g/mol. The number of hydrogen-bond donors (Lipinski definition) is 1. The SMILES string of the molecule is C=CCOC(=O)O[C@H]1[C@H](O)[C@@H](COCc2ccc(OC)cc2)O[C@@H](Sc2ccc(C)cc2)[C@@H]1N=[N+]=[N-]. The zero-order chi connectivity index (χ0) is 25.9. The predicted molar refractivity (Wildman–Crippen MR) is 134 cm³/mol. The molecule has 1 fully saturated rings. The molecular weight excluding hydrogens is 486 g/mol. The summed E-state index contributed by atoms with van der Waals surface area (Å²) < 4.78 is 27.4. The maximum Gasteiger partial charge on any atom is 0.508 e. The van der Waals surface area contributed by atoms with E-state index in [0.29, 0.717) is 0 Å². The van der Waals surface area contributed by atoms with Crippen molar-refractivity contribution in [1.29, 1.82) is 0 Å². The fraction of sp³-hybridized carbons (Fsp3) is 0.400. The molecule has 0 bridgehead atoms.